The predicted octanol–water partition coefficient (Wildman–Crippen LogP) is 3.28. The van der Waals surface area contributed by atoms with Crippen LogP contribution in [0.4, 0.5) is 5.82 Å². The van der Waals surface area contributed by atoms with Gasteiger partial charge >= 0.3 is 0 Å². The van der Waals surface area contributed by atoms with Crippen molar-refractivity contribution in [2.75, 3.05) is 24.5 Å². The van der Waals surface area contributed by atoms with E-state index in [1.165, 1.54) is 24.8 Å². The number of rotatable bonds is 6. The molecule has 2 unspecified atom stereocenters. The summed E-state index contributed by atoms with van der Waals surface area (Å²) in [4.78, 5) is 9.64. The van der Waals surface area contributed by atoms with Crippen molar-refractivity contribution in [3.8, 4) is 0 Å². The number of fused-ring (bicyclic) bond motifs is 1. The van der Waals surface area contributed by atoms with Crippen LogP contribution in [-0.2, 0) is 0 Å². The Bertz CT molecular complexity index is 806. The SMILES string of the molecule is C=CN1CCCCC1c1cc2nc(N3CC(NC(C)CC)C3)c(C)cn2n1. The van der Waals surface area contributed by atoms with Crippen LogP contribution in [0.5, 0.6) is 0 Å². The lowest BCUT2D eigenvalue weighted by atomic mass is 10.00. The Hall–Kier alpha value is -2.08. The van der Waals surface area contributed by atoms with Crippen molar-refractivity contribution in [2.24, 2.45) is 0 Å². The summed E-state index contributed by atoms with van der Waals surface area (Å²) in [6.45, 7) is 13.7. The zero-order valence-electron chi connectivity index (χ0n) is 16.9. The minimum absolute atomic E-state index is 0.329. The summed E-state index contributed by atoms with van der Waals surface area (Å²) >= 11 is 0. The maximum atomic E-state index is 4.95. The van der Waals surface area contributed by atoms with Crippen LogP contribution in [0.15, 0.2) is 25.0 Å². The van der Waals surface area contributed by atoms with Crippen LogP contribution < -0.4 is 10.2 Å². The van der Waals surface area contributed by atoms with Gasteiger partial charge in [-0.1, -0.05) is 13.5 Å². The quantitative estimate of drug-likeness (QED) is 0.848. The van der Waals surface area contributed by atoms with Crippen LogP contribution in [0.2, 0.25) is 0 Å². The number of aromatic nitrogens is 3. The molecule has 4 rings (SSSR count). The van der Waals surface area contributed by atoms with E-state index < -0.39 is 0 Å². The lowest BCUT2D eigenvalue weighted by Gasteiger charge is -2.42. The molecular weight excluding hydrogens is 336 g/mol. The molecule has 6 nitrogen and oxygen atoms in total. The van der Waals surface area contributed by atoms with Gasteiger partial charge in [0, 0.05) is 49.5 Å². The monoisotopic (exact) mass is 368 g/mol. The average molecular weight is 369 g/mol. The van der Waals surface area contributed by atoms with E-state index in [1.807, 2.05) is 10.7 Å². The minimum atomic E-state index is 0.329. The summed E-state index contributed by atoms with van der Waals surface area (Å²) in [7, 11) is 0. The van der Waals surface area contributed by atoms with Gasteiger partial charge in [-0.15, -0.1) is 0 Å². The molecule has 2 atom stereocenters. The molecule has 2 aliphatic heterocycles. The first-order chi connectivity index (χ1) is 13.1. The molecular formula is C21H32N6. The molecule has 0 spiro atoms. The number of hydrogen-bond donors (Lipinski definition) is 1. The second-order valence-corrected chi connectivity index (χ2v) is 8.13. The van der Waals surface area contributed by atoms with E-state index in [-0.39, 0.29) is 0 Å². The van der Waals surface area contributed by atoms with Crippen molar-refractivity contribution >= 4 is 11.5 Å². The van der Waals surface area contributed by atoms with Crippen molar-refractivity contribution in [2.45, 2.75) is 64.6 Å². The fourth-order valence-corrected chi connectivity index (χ4v) is 4.27. The third-order valence-corrected chi connectivity index (χ3v) is 6.06. The molecule has 146 valence electrons. The molecule has 6 heteroatoms. The molecule has 2 aliphatic rings. The van der Waals surface area contributed by atoms with E-state index in [0.717, 1.165) is 43.2 Å². The molecule has 0 aliphatic carbocycles. The molecule has 0 radical (unpaired) electrons. The fourth-order valence-electron chi connectivity index (χ4n) is 4.27. The van der Waals surface area contributed by atoms with Gasteiger partial charge in [-0.25, -0.2) is 9.50 Å². The van der Waals surface area contributed by atoms with Gasteiger partial charge in [-0.05, 0) is 45.7 Å². The zero-order chi connectivity index (χ0) is 19.0. The first-order valence-corrected chi connectivity index (χ1v) is 10.3. The Morgan fingerprint density at radius 2 is 2.19 bits per heavy atom. The topological polar surface area (TPSA) is 48.7 Å². The molecule has 2 aromatic heterocycles. The Morgan fingerprint density at radius 3 is 2.93 bits per heavy atom. The molecule has 0 saturated carbocycles. The number of aryl methyl sites for hydroxylation is 1. The minimum Gasteiger partial charge on any atom is -0.369 e. The van der Waals surface area contributed by atoms with Gasteiger partial charge in [0.1, 0.15) is 5.82 Å². The second kappa shape index (κ2) is 7.50. The highest BCUT2D eigenvalue weighted by Gasteiger charge is 2.30. The largest absolute Gasteiger partial charge is 0.369 e. The highest BCUT2D eigenvalue weighted by Crippen LogP contribution is 2.31. The maximum Gasteiger partial charge on any atom is 0.157 e. The fraction of sp³-hybridized carbons (Fsp3) is 0.619. The number of anilines is 1. The van der Waals surface area contributed by atoms with E-state index in [1.54, 1.807) is 0 Å². The van der Waals surface area contributed by atoms with Gasteiger partial charge in [-0.3, -0.25) is 0 Å². The van der Waals surface area contributed by atoms with Crippen molar-refractivity contribution in [1.29, 1.82) is 0 Å². The van der Waals surface area contributed by atoms with Crippen molar-refractivity contribution in [1.82, 2.24) is 24.8 Å². The maximum absolute atomic E-state index is 4.95. The Morgan fingerprint density at radius 1 is 1.37 bits per heavy atom. The third kappa shape index (κ3) is 3.55. The van der Waals surface area contributed by atoms with Crippen LogP contribution in [0.1, 0.15) is 56.8 Å². The molecule has 1 N–H and O–H groups in total. The van der Waals surface area contributed by atoms with E-state index >= 15 is 0 Å². The van der Waals surface area contributed by atoms with Gasteiger partial charge in [0.2, 0.25) is 0 Å². The first kappa shape index (κ1) is 18.3. The molecule has 0 amide bonds. The van der Waals surface area contributed by atoms with Crippen LogP contribution in [0.3, 0.4) is 0 Å². The van der Waals surface area contributed by atoms with Crippen LogP contribution >= 0.6 is 0 Å². The molecule has 2 aromatic rings. The van der Waals surface area contributed by atoms with Gasteiger partial charge in [0.05, 0.1) is 11.7 Å². The van der Waals surface area contributed by atoms with E-state index in [9.17, 15) is 0 Å². The summed E-state index contributed by atoms with van der Waals surface area (Å²) < 4.78 is 1.94. The molecule has 27 heavy (non-hydrogen) atoms. The van der Waals surface area contributed by atoms with Crippen LogP contribution in [-0.4, -0.2) is 51.2 Å². The van der Waals surface area contributed by atoms with E-state index in [0.29, 0.717) is 18.1 Å². The zero-order valence-corrected chi connectivity index (χ0v) is 16.9. The predicted molar refractivity (Wildman–Crippen MR) is 110 cm³/mol. The number of piperidine rings is 1. The summed E-state index contributed by atoms with van der Waals surface area (Å²) in [5.41, 5.74) is 3.24. The van der Waals surface area contributed by atoms with Gasteiger partial charge in [-0.2, -0.15) is 5.10 Å². The van der Waals surface area contributed by atoms with Crippen LogP contribution in [0, 0.1) is 6.92 Å². The Kier molecular flexibility index (Phi) is 5.08. The lowest BCUT2D eigenvalue weighted by Crippen LogP contribution is -2.60. The number of hydrogen-bond acceptors (Lipinski definition) is 5. The smallest absolute Gasteiger partial charge is 0.157 e. The van der Waals surface area contributed by atoms with Crippen molar-refractivity contribution < 1.29 is 0 Å². The number of nitrogens with zero attached hydrogens (tertiary/aromatic N) is 5. The summed E-state index contributed by atoms with van der Waals surface area (Å²) in [5, 5.41) is 8.52. The molecule has 2 fully saturated rings. The molecule has 0 bridgehead atoms. The second-order valence-electron chi connectivity index (χ2n) is 8.13. The van der Waals surface area contributed by atoms with Crippen LogP contribution in [0.25, 0.3) is 5.65 Å². The summed E-state index contributed by atoms with van der Waals surface area (Å²) in [6, 6.07) is 3.63. The highest BCUT2D eigenvalue weighted by atomic mass is 15.3. The standard InChI is InChI=1S/C21H32N6/c1-5-16(4)22-17-13-26(14-17)21-15(3)12-27-20(23-21)11-18(24-27)19-9-7-8-10-25(19)6-2/h6,11-12,16-17,19,22H,2,5,7-10,13-14H2,1,3-4H3. The lowest BCUT2D eigenvalue weighted by molar-refractivity contribution is 0.212. The van der Waals surface area contributed by atoms with Crippen molar-refractivity contribution in [3.63, 3.8) is 0 Å². The molecule has 2 saturated heterocycles. The molecule has 0 aromatic carbocycles. The van der Waals surface area contributed by atoms with Crippen molar-refractivity contribution in [3.05, 3.63) is 36.3 Å². The van der Waals surface area contributed by atoms with E-state index in [2.05, 4.69) is 54.7 Å². The Labute approximate surface area is 162 Å². The summed E-state index contributed by atoms with van der Waals surface area (Å²) in [5.74, 6) is 1.10. The van der Waals surface area contributed by atoms with Gasteiger partial charge < -0.3 is 15.1 Å². The number of nitrogens with one attached hydrogen (secondary N) is 1. The average Bonchev–Trinajstić information content (AvgIpc) is 3.06. The van der Waals surface area contributed by atoms with Gasteiger partial charge in [0.25, 0.3) is 0 Å². The van der Waals surface area contributed by atoms with E-state index in [4.69, 9.17) is 10.1 Å². The first-order valence-electron chi connectivity index (χ1n) is 10.3. The normalized spacial score (nSPS) is 22.1. The summed E-state index contributed by atoms with van der Waals surface area (Å²) in [6.07, 6.45) is 8.87. The molecule has 4 heterocycles. The van der Waals surface area contributed by atoms with Gasteiger partial charge in [0.15, 0.2) is 5.65 Å². The highest BCUT2D eigenvalue weighted by molar-refractivity contribution is 5.55. The number of likely N-dealkylation sites (tertiary alicyclic amines) is 1. The third-order valence-electron chi connectivity index (χ3n) is 6.06. The Balaban J connectivity index is 1.53.